The summed E-state index contributed by atoms with van der Waals surface area (Å²) in [6.45, 7) is 5.77. The van der Waals surface area contributed by atoms with Gasteiger partial charge in [0.25, 0.3) is 0 Å². The van der Waals surface area contributed by atoms with Gasteiger partial charge in [-0.3, -0.25) is 9.59 Å². The molecule has 0 radical (unpaired) electrons. The minimum Gasteiger partial charge on any atom is -0.481 e. The van der Waals surface area contributed by atoms with Crippen LogP contribution in [0.2, 0.25) is 0 Å². The number of hydrogen-bond acceptors (Lipinski definition) is 2. The van der Waals surface area contributed by atoms with Crippen molar-refractivity contribution in [1.82, 2.24) is 5.32 Å². The second-order valence-corrected chi connectivity index (χ2v) is 6.77. The molecule has 1 amide bonds. The highest BCUT2D eigenvalue weighted by Crippen LogP contribution is 2.55. The minimum atomic E-state index is -0.857. The molecule has 2 aliphatic carbocycles. The van der Waals surface area contributed by atoms with Gasteiger partial charge in [0.1, 0.15) is 0 Å². The Morgan fingerprint density at radius 1 is 1.26 bits per heavy atom. The molecule has 2 rings (SSSR count). The monoisotopic (exact) mass is 267 g/mol. The van der Waals surface area contributed by atoms with Gasteiger partial charge in [0.2, 0.25) is 5.91 Å². The number of amides is 1. The third-order valence-electron chi connectivity index (χ3n) is 5.16. The number of hydrogen-bond donors (Lipinski definition) is 2. The Morgan fingerprint density at radius 2 is 1.79 bits per heavy atom. The maximum atomic E-state index is 12.4. The molecule has 0 aromatic carbocycles. The van der Waals surface area contributed by atoms with Gasteiger partial charge in [-0.15, -0.1) is 0 Å². The van der Waals surface area contributed by atoms with E-state index >= 15 is 0 Å². The van der Waals surface area contributed by atoms with Gasteiger partial charge in [-0.2, -0.15) is 0 Å². The summed E-state index contributed by atoms with van der Waals surface area (Å²) in [6, 6.07) is 0. The van der Waals surface area contributed by atoms with E-state index in [9.17, 15) is 9.59 Å². The van der Waals surface area contributed by atoms with Gasteiger partial charge in [-0.1, -0.05) is 26.7 Å². The highest BCUT2D eigenvalue weighted by atomic mass is 16.4. The van der Waals surface area contributed by atoms with Crippen molar-refractivity contribution >= 4 is 11.9 Å². The smallest absolute Gasteiger partial charge is 0.305 e. The van der Waals surface area contributed by atoms with Gasteiger partial charge < -0.3 is 10.4 Å². The number of carboxylic acid groups (broad SMARTS) is 1. The van der Waals surface area contributed by atoms with Crippen LogP contribution >= 0.6 is 0 Å². The van der Waals surface area contributed by atoms with Crippen molar-refractivity contribution in [3.8, 4) is 0 Å². The molecule has 0 aromatic rings. The van der Waals surface area contributed by atoms with Gasteiger partial charge >= 0.3 is 5.97 Å². The number of carbonyl (C=O) groups is 2. The Hall–Kier alpha value is -1.06. The highest BCUT2D eigenvalue weighted by molar-refractivity contribution is 5.83. The highest BCUT2D eigenvalue weighted by Gasteiger charge is 2.55. The Kier molecular flexibility index (Phi) is 3.88. The molecule has 3 unspecified atom stereocenters. The zero-order valence-electron chi connectivity index (χ0n) is 12.1. The van der Waals surface area contributed by atoms with E-state index in [0.717, 1.165) is 0 Å². The molecule has 2 N–H and O–H groups in total. The van der Waals surface area contributed by atoms with Crippen LogP contribution in [0.1, 0.15) is 52.9 Å². The zero-order valence-corrected chi connectivity index (χ0v) is 12.1. The summed E-state index contributed by atoms with van der Waals surface area (Å²) in [4.78, 5) is 23.4. The summed E-state index contributed by atoms with van der Waals surface area (Å²) in [5.41, 5.74) is -0.644. The number of fused-ring (bicyclic) bond motifs is 1. The second kappa shape index (κ2) is 5.14. The first-order valence-corrected chi connectivity index (χ1v) is 7.39. The summed E-state index contributed by atoms with van der Waals surface area (Å²) in [5, 5.41) is 12.0. The van der Waals surface area contributed by atoms with Crippen LogP contribution in [0.5, 0.6) is 0 Å². The van der Waals surface area contributed by atoms with E-state index in [1.165, 1.54) is 25.7 Å². The average molecular weight is 267 g/mol. The van der Waals surface area contributed by atoms with Crippen LogP contribution in [-0.2, 0) is 9.59 Å². The third-order valence-corrected chi connectivity index (χ3v) is 5.16. The van der Waals surface area contributed by atoms with Crippen LogP contribution in [0.25, 0.3) is 0 Å². The van der Waals surface area contributed by atoms with E-state index in [-0.39, 0.29) is 24.2 Å². The van der Waals surface area contributed by atoms with E-state index in [1.54, 1.807) is 0 Å². The molecule has 4 heteroatoms. The lowest BCUT2D eigenvalue weighted by atomic mass is 9.85. The van der Waals surface area contributed by atoms with Crippen molar-refractivity contribution in [3.63, 3.8) is 0 Å². The first-order valence-electron chi connectivity index (χ1n) is 7.39. The van der Waals surface area contributed by atoms with Crippen LogP contribution in [0, 0.1) is 23.7 Å². The SMILES string of the molecule is CC(C)C(C)(CC(=O)O)NC(=O)C1C2CCCCC21. The summed E-state index contributed by atoms with van der Waals surface area (Å²) in [6.07, 6.45) is 4.79. The molecule has 0 heterocycles. The molecule has 2 saturated carbocycles. The fourth-order valence-electron chi connectivity index (χ4n) is 3.45. The van der Waals surface area contributed by atoms with Gasteiger partial charge in [0.15, 0.2) is 0 Å². The first kappa shape index (κ1) is 14.4. The Bertz CT molecular complexity index is 368. The lowest BCUT2D eigenvalue weighted by Gasteiger charge is -2.33. The van der Waals surface area contributed by atoms with Crippen molar-refractivity contribution in [2.45, 2.75) is 58.4 Å². The summed E-state index contributed by atoms with van der Waals surface area (Å²) in [5.74, 6) is 0.603. The topological polar surface area (TPSA) is 66.4 Å². The van der Waals surface area contributed by atoms with Crippen LogP contribution in [0.4, 0.5) is 0 Å². The zero-order chi connectivity index (χ0) is 14.2. The van der Waals surface area contributed by atoms with Gasteiger partial charge in [-0.25, -0.2) is 0 Å². The lowest BCUT2D eigenvalue weighted by Crippen LogP contribution is -2.52. The largest absolute Gasteiger partial charge is 0.481 e. The number of nitrogens with one attached hydrogen (secondary N) is 1. The van der Waals surface area contributed by atoms with Crippen molar-refractivity contribution in [2.24, 2.45) is 23.7 Å². The first-order chi connectivity index (χ1) is 8.85. The fourth-order valence-corrected chi connectivity index (χ4v) is 3.45. The molecule has 2 fully saturated rings. The fraction of sp³-hybridized carbons (Fsp3) is 0.867. The normalized spacial score (nSPS) is 32.3. The number of carbonyl (C=O) groups excluding carboxylic acids is 1. The Balaban J connectivity index is 1.98. The molecule has 108 valence electrons. The summed E-state index contributed by atoms with van der Waals surface area (Å²) < 4.78 is 0. The molecule has 19 heavy (non-hydrogen) atoms. The predicted octanol–water partition coefficient (Wildman–Crippen LogP) is 2.43. The van der Waals surface area contributed by atoms with E-state index in [2.05, 4.69) is 5.32 Å². The predicted molar refractivity (Wildman–Crippen MR) is 72.6 cm³/mol. The molecule has 0 spiro atoms. The molecule has 0 bridgehead atoms. The third kappa shape index (κ3) is 2.93. The van der Waals surface area contributed by atoms with Crippen molar-refractivity contribution < 1.29 is 14.7 Å². The van der Waals surface area contributed by atoms with E-state index < -0.39 is 11.5 Å². The van der Waals surface area contributed by atoms with Crippen molar-refractivity contribution in [1.29, 1.82) is 0 Å². The van der Waals surface area contributed by atoms with Crippen molar-refractivity contribution in [3.05, 3.63) is 0 Å². The lowest BCUT2D eigenvalue weighted by molar-refractivity contribution is -0.139. The standard InChI is InChI=1S/C15H25NO3/c1-9(2)15(3,8-12(17)18)16-14(19)13-10-6-4-5-7-11(10)13/h9-11,13H,4-8H2,1-3H3,(H,16,19)(H,17,18). The Labute approximate surface area is 115 Å². The molecule has 4 nitrogen and oxygen atoms in total. The van der Waals surface area contributed by atoms with Crippen molar-refractivity contribution in [2.75, 3.05) is 0 Å². The Morgan fingerprint density at radius 3 is 2.21 bits per heavy atom. The van der Waals surface area contributed by atoms with Crippen LogP contribution < -0.4 is 5.32 Å². The number of aliphatic carboxylic acids is 1. The van der Waals surface area contributed by atoms with Gasteiger partial charge in [-0.05, 0) is 37.5 Å². The quantitative estimate of drug-likeness (QED) is 0.804. The molecule has 3 atom stereocenters. The molecule has 2 aliphatic rings. The van der Waals surface area contributed by atoms with Crippen LogP contribution in [0.15, 0.2) is 0 Å². The summed E-state index contributed by atoms with van der Waals surface area (Å²) in [7, 11) is 0. The average Bonchev–Trinajstić information content (AvgIpc) is 3.01. The van der Waals surface area contributed by atoms with E-state index in [1.807, 2.05) is 20.8 Å². The van der Waals surface area contributed by atoms with Gasteiger partial charge in [0.05, 0.1) is 6.42 Å². The maximum absolute atomic E-state index is 12.4. The van der Waals surface area contributed by atoms with Gasteiger partial charge in [0, 0.05) is 11.5 Å². The number of carboxylic acids is 1. The van der Waals surface area contributed by atoms with Crippen LogP contribution in [0.3, 0.4) is 0 Å². The minimum absolute atomic E-state index is 0.0154. The molecule has 0 aromatic heterocycles. The molecule has 0 saturated heterocycles. The number of rotatable bonds is 5. The second-order valence-electron chi connectivity index (χ2n) is 6.77. The maximum Gasteiger partial charge on any atom is 0.305 e. The molecule has 0 aliphatic heterocycles. The van der Waals surface area contributed by atoms with Crippen LogP contribution in [-0.4, -0.2) is 22.5 Å². The van der Waals surface area contributed by atoms with E-state index in [4.69, 9.17) is 5.11 Å². The summed E-state index contributed by atoms with van der Waals surface area (Å²) >= 11 is 0. The molecular formula is C15H25NO3. The molecular weight excluding hydrogens is 242 g/mol. The van der Waals surface area contributed by atoms with E-state index in [0.29, 0.717) is 11.8 Å².